The van der Waals surface area contributed by atoms with Crippen molar-refractivity contribution in [2.24, 2.45) is 4.99 Å². The van der Waals surface area contributed by atoms with Crippen LogP contribution in [0.4, 0.5) is 0 Å². The molecule has 1 aromatic carbocycles. The van der Waals surface area contributed by atoms with Crippen molar-refractivity contribution in [3.63, 3.8) is 0 Å². The maximum atomic E-state index is 12.3. The Bertz CT molecular complexity index is 740. The molecule has 0 unspecified atom stereocenters. The zero-order valence-corrected chi connectivity index (χ0v) is 16.9. The van der Waals surface area contributed by atoms with Crippen molar-refractivity contribution in [1.82, 2.24) is 5.48 Å². The molecule has 1 aliphatic heterocycles. The van der Waals surface area contributed by atoms with Gasteiger partial charge in [0, 0.05) is 25.0 Å². The van der Waals surface area contributed by atoms with E-state index in [0.29, 0.717) is 24.3 Å². The van der Waals surface area contributed by atoms with Crippen molar-refractivity contribution in [3.05, 3.63) is 29.8 Å². The van der Waals surface area contributed by atoms with Gasteiger partial charge in [-0.2, -0.15) is 0 Å². The molecule has 0 aromatic heterocycles. The van der Waals surface area contributed by atoms with Crippen molar-refractivity contribution < 1.29 is 34.1 Å². The van der Waals surface area contributed by atoms with Gasteiger partial charge >= 0.3 is 5.97 Å². The Morgan fingerprint density at radius 3 is 2.55 bits per heavy atom. The molecule has 1 heterocycles. The van der Waals surface area contributed by atoms with Gasteiger partial charge in [0.1, 0.15) is 18.0 Å². The van der Waals surface area contributed by atoms with Gasteiger partial charge in [-0.05, 0) is 51.5 Å². The minimum absolute atomic E-state index is 0.0279. The number of esters is 1. The molecular formula is C20H28N2O7. The molecule has 160 valence electrons. The number of ether oxygens (including phenoxy) is 3. The topological polar surface area (TPSA) is 127 Å². The Balaban J connectivity index is 2.11. The summed E-state index contributed by atoms with van der Waals surface area (Å²) in [5.74, 6) is -0.347. The molecule has 0 spiro atoms. The molecule has 0 saturated heterocycles. The summed E-state index contributed by atoms with van der Waals surface area (Å²) in [6.07, 6.45) is 0.511. The van der Waals surface area contributed by atoms with Gasteiger partial charge in [0.05, 0.1) is 6.61 Å². The van der Waals surface area contributed by atoms with E-state index in [2.05, 4.69) is 4.99 Å². The highest BCUT2D eigenvalue weighted by atomic mass is 16.6. The van der Waals surface area contributed by atoms with Crippen LogP contribution in [-0.4, -0.2) is 59.0 Å². The van der Waals surface area contributed by atoms with Crippen molar-refractivity contribution in [3.8, 4) is 5.75 Å². The Labute approximate surface area is 169 Å². The van der Waals surface area contributed by atoms with Crippen LogP contribution in [0.15, 0.2) is 29.3 Å². The minimum atomic E-state index is -1.42. The fraction of sp³-hybridized carbons (Fsp3) is 0.550. The Morgan fingerprint density at radius 1 is 1.28 bits per heavy atom. The summed E-state index contributed by atoms with van der Waals surface area (Å²) >= 11 is 0. The Hall–Kier alpha value is -2.65. The first-order valence-corrected chi connectivity index (χ1v) is 9.42. The molecule has 9 nitrogen and oxygen atoms in total. The predicted molar refractivity (Wildman–Crippen MR) is 104 cm³/mol. The third-order valence-corrected chi connectivity index (χ3v) is 4.12. The van der Waals surface area contributed by atoms with E-state index < -0.39 is 23.0 Å². The van der Waals surface area contributed by atoms with Crippen LogP contribution in [0.3, 0.4) is 0 Å². The third-order valence-electron chi connectivity index (χ3n) is 4.12. The number of hydroxylamine groups is 1. The average Bonchev–Trinajstić information content (AvgIpc) is 3.11. The Morgan fingerprint density at radius 2 is 1.97 bits per heavy atom. The van der Waals surface area contributed by atoms with E-state index in [1.54, 1.807) is 50.5 Å². The molecule has 0 aliphatic carbocycles. The van der Waals surface area contributed by atoms with Gasteiger partial charge in [0.25, 0.3) is 5.91 Å². The first kappa shape index (κ1) is 22.6. The predicted octanol–water partition coefficient (Wildman–Crippen LogP) is 1.59. The summed E-state index contributed by atoms with van der Waals surface area (Å²) in [5.41, 5.74) is 0.187. The second kappa shape index (κ2) is 9.71. The van der Waals surface area contributed by atoms with E-state index in [9.17, 15) is 9.59 Å². The van der Waals surface area contributed by atoms with Crippen molar-refractivity contribution in [2.75, 3.05) is 19.8 Å². The molecule has 0 bridgehead atoms. The number of rotatable bonds is 9. The molecular weight excluding hydrogens is 380 g/mol. The van der Waals surface area contributed by atoms with Gasteiger partial charge in [-0.25, -0.2) is 10.5 Å². The first-order chi connectivity index (χ1) is 13.7. The van der Waals surface area contributed by atoms with Crippen LogP contribution >= 0.6 is 0 Å². The lowest BCUT2D eigenvalue weighted by Crippen LogP contribution is -2.46. The number of benzene rings is 1. The van der Waals surface area contributed by atoms with Crippen LogP contribution in [0.25, 0.3) is 0 Å². The molecule has 0 saturated carbocycles. The summed E-state index contributed by atoms with van der Waals surface area (Å²) in [5, 5.41) is 17.9. The smallest absolute Gasteiger partial charge is 0.306 e. The van der Waals surface area contributed by atoms with Gasteiger partial charge in [0.2, 0.25) is 5.90 Å². The number of carbonyl (C=O) groups excluding carboxylic acids is 2. The van der Waals surface area contributed by atoms with Crippen LogP contribution in [-0.2, 0) is 19.1 Å². The first-order valence-electron chi connectivity index (χ1n) is 9.42. The van der Waals surface area contributed by atoms with E-state index in [0.717, 1.165) is 0 Å². The normalized spacial score (nSPS) is 18.6. The standard InChI is InChI=1S/C20H28N2O7/c1-19(2,3)29-16(24)9-10-20(18(25)22-26)13-28-17(21-20)14-5-7-15(8-6-14)27-12-4-11-23/h5-8,23,26H,4,9-13H2,1-3H3,(H,22,25)/t20-/m0/s1. The molecule has 3 N–H and O–H groups in total. The second-order valence-corrected chi connectivity index (χ2v) is 7.71. The summed E-state index contributed by atoms with van der Waals surface area (Å²) in [4.78, 5) is 28.7. The lowest BCUT2D eigenvalue weighted by atomic mass is 9.94. The monoisotopic (exact) mass is 408 g/mol. The molecule has 9 heteroatoms. The Kier molecular flexibility index (Phi) is 7.58. The second-order valence-electron chi connectivity index (χ2n) is 7.71. The summed E-state index contributed by atoms with van der Waals surface area (Å²) in [6, 6.07) is 6.92. The highest BCUT2D eigenvalue weighted by Crippen LogP contribution is 2.28. The number of aliphatic imine (C=N–C) groups is 1. The van der Waals surface area contributed by atoms with Crippen molar-refractivity contribution in [1.29, 1.82) is 0 Å². The number of aliphatic hydroxyl groups is 1. The number of aliphatic hydroxyl groups excluding tert-OH is 1. The zero-order valence-electron chi connectivity index (χ0n) is 16.9. The highest BCUT2D eigenvalue weighted by Gasteiger charge is 2.44. The largest absolute Gasteiger partial charge is 0.494 e. The molecule has 1 amide bonds. The van der Waals surface area contributed by atoms with Gasteiger partial charge in [-0.1, -0.05) is 0 Å². The molecule has 1 aliphatic rings. The van der Waals surface area contributed by atoms with Crippen LogP contribution in [0.2, 0.25) is 0 Å². The molecule has 2 rings (SSSR count). The summed E-state index contributed by atoms with van der Waals surface area (Å²) in [6.45, 7) is 5.62. The van der Waals surface area contributed by atoms with E-state index in [1.807, 2.05) is 0 Å². The zero-order chi connectivity index (χ0) is 21.5. The number of amides is 1. The van der Waals surface area contributed by atoms with Crippen molar-refractivity contribution >= 4 is 17.8 Å². The highest BCUT2D eigenvalue weighted by molar-refractivity contribution is 6.00. The van der Waals surface area contributed by atoms with E-state index >= 15 is 0 Å². The maximum absolute atomic E-state index is 12.3. The van der Waals surface area contributed by atoms with Gasteiger partial charge in [-0.15, -0.1) is 0 Å². The van der Waals surface area contributed by atoms with Crippen molar-refractivity contribution in [2.45, 2.75) is 51.2 Å². The molecule has 0 radical (unpaired) electrons. The van der Waals surface area contributed by atoms with Gasteiger partial charge in [0.15, 0.2) is 5.54 Å². The number of carbonyl (C=O) groups is 2. The molecule has 1 atom stereocenters. The maximum Gasteiger partial charge on any atom is 0.306 e. The quantitative estimate of drug-likeness (QED) is 0.245. The molecule has 29 heavy (non-hydrogen) atoms. The van der Waals surface area contributed by atoms with E-state index in [4.69, 9.17) is 24.5 Å². The molecule has 1 aromatic rings. The summed E-state index contributed by atoms with van der Waals surface area (Å²) < 4.78 is 16.3. The number of hydrogen-bond donors (Lipinski definition) is 3. The average molecular weight is 408 g/mol. The van der Waals surface area contributed by atoms with Crippen LogP contribution in [0.5, 0.6) is 5.75 Å². The fourth-order valence-electron chi connectivity index (χ4n) is 2.71. The SMILES string of the molecule is CC(C)(C)OC(=O)CC[C@@]1(C(=O)NO)COC(c2ccc(OCCCO)cc2)=N1. The number of nitrogens with zero attached hydrogens (tertiary/aromatic N) is 1. The lowest BCUT2D eigenvalue weighted by molar-refractivity contribution is -0.155. The lowest BCUT2D eigenvalue weighted by Gasteiger charge is -2.23. The van der Waals surface area contributed by atoms with Crippen LogP contribution < -0.4 is 10.2 Å². The number of nitrogens with one attached hydrogen (secondary N) is 1. The van der Waals surface area contributed by atoms with Gasteiger partial charge in [-0.3, -0.25) is 14.8 Å². The fourth-order valence-corrected chi connectivity index (χ4v) is 2.71. The number of hydrogen-bond acceptors (Lipinski definition) is 8. The van der Waals surface area contributed by atoms with Crippen LogP contribution in [0, 0.1) is 0 Å². The van der Waals surface area contributed by atoms with Crippen LogP contribution in [0.1, 0.15) is 45.6 Å². The van der Waals surface area contributed by atoms with E-state index in [-0.39, 0.29) is 32.0 Å². The molecule has 0 fully saturated rings. The van der Waals surface area contributed by atoms with Gasteiger partial charge < -0.3 is 19.3 Å². The van der Waals surface area contributed by atoms with E-state index in [1.165, 1.54) is 0 Å². The summed E-state index contributed by atoms with van der Waals surface area (Å²) in [7, 11) is 0. The minimum Gasteiger partial charge on any atom is -0.494 e. The third kappa shape index (κ3) is 6.43.